The largest absolute Gasteiger partial charge is 0.478 e. The van der Waals surface area contributed by atoms with E-state index in [1.165, 1.54) is 18.4 Å². The molecule has 4 aromatic rings. The minimum absolute atomic E-state index is 0.284. The molecular formula is C25H24N2O4S. The van der Waals surface area contributed by atoms with E-state index in [1.807, 2.05) is 42.5 Å². The van der Waals surface area contributed by atoms with E-state index in [4.69, 9.17) is 9.72 Å². The molecule has 0 radical (unpaired) electrons. The van der Waals surface area contributed by atoms with Crippen molar-refractivity contribution in [2.24, 2.45) is 0 Å². The highest BCUT2D eigenvalue weighted by Gasteiger charge is 2.18. The number of hydrogen-bond donors (Lipinski definition) is 1. The van der Waals surface area contributed by atoms with E-state index in [0.717, 1.165) is 46.6 Å². The van der Waals surface area contributed by atoms with Crippen LogP contribution in [0.4, 0.5) is 0 Å². The van der Waals surface area contributed by atoms with Crippen LogP contribution in [0.25, 0.3) is 21.5 Å². The molecule has 0 fully saturated rings. The molecule has 1 N–H and O–H groups in total. The number of carboxylic acid groups (broad SMARTS) is 1. The quantitative estimate of drug-likeness (QED) is 0.353. The number of carboxylic acids is 1. The van der Waals surface area contributed by atoms with Crippen LogP contribution < -0.4 is 0 Å². The Morgan fingerprint density at radius 2 is 1.88 bits per heavy atom. The van der Waals surface area contributed by atoms with Crippen molar-refractivity contribution in [1.29, 1.82) is 0 Å². The summed E-state index contributed by atoms with van der Waals surface area (Å²) in [5, 5.41) is 9.47. The molecule has 2 heterocycles. The third kappa shape index (κ3) is 4.29. The normalized spacial score (nSPS) is 11.1. The van der Waals surface area contributed by atoms with Crippen LogP contribution >= 0.6 is 11.3 Å². The molecule has 0 saturated heterocycles. The second kappa shape index (κ2) is 9.36. The highest BCUT2D eigenvalue weighted by Crippen LogP contribution is 2.29. The first kappa shape index (κ1) is 21.8. The lowest BCUT2D eigenvalue weighted by atomic mass is 9.99. The lowest BCUT2D eigenvalue weighted by Gasteiger charge is -2.11. The second-order valence-corrected chi connectivity index (χ2v) is 8.59. The lowest BCUT2D eigenvalue weighted by Crippen LogP contribution is -2.06. The van der Waals surface area contributed by atoms with Crippen molar-refractivity contribution in [3.8, 4) is 11.1 Å². The molecule has 0 aliphatic carbocycles. The van der Waals surface area contributed by atoms with Gasteiger partial charge in [-0.05, 0) is 35.2 Å². The van der Waals surface area contributed by atoms with Gasteiger partial charge in [0.05, 0.1) is 18.2 Å². The van der Waals surface area contributed by atoms with E-state index in [-0.39, 0.29) is 11.5 Å². The van der Waals surface area contributed by atoms with Crippen molar-refractivity contribution >= 4 is 33.6 Å². The van der Waals surface area contributed by atoms with Crippen molar-refractivity contribution in [3.05, 3.63) is 76.4 Å². The van der Waals surface area contributed by atoms with Crippen molar-refractivity contribution in [1.82, 2.24) is 9.55 Å². The monoisotopic (exact) mass is 448 g/mol. The number of esters is 1. The number of unbranched alkanes of at least 4 members (excludes halogenated alkanes) is 1. The highest BCUT2D eigenvalue weighted by atomic mass is 32.1. The Morgan fingerprint density at radius 1 is 1.12 bits per heavy atom. The van der Waals surface area contributed by atoms with Gasteiger partial charge in [0.25, 0.3) is 0 Å². The maximum absolute atomic E-state index is 12.0. The summed E-state index contributed by atoms with van der Waals surface area (Å²) >= 11 is 1.35. The van der Waals surface area contributed by atoms with Crippen molar-refractivity contribution < 1.29 is 19.4 Å². The van der Waals surface area contributed by atoms with Gasteiger partial charge in [-0.15, -0.1) is 11.3 Å². The molecule has 0 aliphatic heterocycles. The molecule has 2 aromatic heterocycles. The number of methoxy groups -OCH3 is 1. The zero-order valence-electron chi connectivity index (χ0n) is 18.0. The zero-order valence-corrected chi connectivity index (χ0v) is 18.8. The molecule has 2 aromatic carbocycles. The zero-order chi connectivity index (χ0) is 22.7. The van der Waals surface area contributed by atoms with E-state index in [2.05, 4.69) is 11.5 Å². The maximum Gasteiger partial charge on any atom is 0.348 e. The van der Waals surface area contributed by atoms with Crippen molar-refractivity contribution in [2.45, 2.75) is 32.7 Å². The Labute approximate surface area is 190 Å². The van der Waals surface area contributed by atoms with E-state index < -0.39 is 5.97 Å². The first-order valence-corrected chi connectivity index (χ1v) is 11.3. The van der Waals surface area contributed by atoms with Gasteiger partial charge in [0.1, 0.15) is 15.5 Å². The van der Waals surface area contributed by atoms with Gasteiger partial charge in [0.15, 0.2) is 0 Å². The number of rotatable bonds is 8. The summed E-state index contributed by atoms with van der Waals surface area (Å²) in [6, 6.07) is 16.8. The SMILES string of the molecule is CCCCc1nc2sc(C(=O)OC)cc2n1Cc1ccc(-c2ccccc2C(=O)O)cc1. The molecule has 0 amide bonds. The molecular weight excluding hydrogens is 424 g/mol. The first-order chi connectivity index (χ1) is 15.5. The van der Waals surface area contributed by atoms with Crippen molar-refractivity contribution in [2.75, 3.05) is 7.11 Å². The molecule has 7 heteroatoms. The predicted molar refractivity (Wildman–Crippen MR) is 126 cm³/mol. The molecule has 0 saturated carbocycles. The third-order valence-electron chi connectivity index (χ3n) is 5.43. The molecule has 6 nitrogen and oxygen atoms in total. The fourth-order valence-corrected chi connectivity index (χ4v) is 4.73. The summed E-state index contributed by atoms with van der Waals surface area (Å²) in [4.78, 5) is 29.7. The maximum atomic E-state index is 12.0. The molecule has 0 atom stereocenters. The number of carbonyl (C=O) groups is 2. The predicted octanol–water partition coefficient (Wildman–Crippen LogP) is 5.64. The topological polar surface area (TPSA) is 81.4 Å². The third-order valence-corrected chi connectivity index (χ3v) is 6.43. The van der Waals surface area contributed by atoms with Gasteiger partial charge in [-0.3, -0.25) is 0 Å². The number of aromatic nitrogens is 2. The summed E-state index contributed by atoms with van der Waals surface area (Å²) in [6.45, 7) is 2.77. The summed E-state index contributed by atoms with van der Waals surface area (Å²) < 4.78 is 7.02. The van der Waals surface area contributed by atoms with Crippen LogP contribution in [-0.2, 0) is 17.7 Å². The average Bonchev–Trinajstić information content (AvgIpc) is 3.36. The molecule has 0 unspecified atom stereocenters. The summed E-state index contributed by atoms with van der Waals surface area (Å²) in [5.74, 6) is -0.286. The average molecular weight is 449 g/mol. The second-order valence-electron chi connectivity index (χ2n) is 7.56. The van der Waals surface area contributed by atoms with Gasteiger partial charge in [-0.1, -0.05) is 55.8 Å². The Bertz CT molecular complexity index is 1270. The Balaban J connectivity index is 1.67. The van der Waals surface area contributed by atoms with E-state index >= 15 is 0 Å². The fourth-order valence-electron chi connectivity index (χ4n) is 3.76. The minimum Gasteiger partial charge on any atom is -0.478 e. The van der Waals surface area contributed by atoms with Gasteiger partial charge in [0.2, 0.25) is 0 Å². The Kier molecular flexibility index (Phi) is 6.37. The van der Waals surface area contributed by atoms with Gasteiger partial charge < -0.3 is 14.4 Å². The number of fused-ring (bicyclic) bond motifs is 1. The van der Waals surface area contributed by atoms with Gasteiger partial charge in [-0.2, -0.15) is 0 Å². The molecule has 164 valence electrons. The number of imidazole rings is 1. The Morgan fingerprint density at radius 3 is 2.56 bits per heavy atom. The molecule has 4 rings (SSSR count). The van der Waals surface area contributed by atoms with E-state index in [9.17, 15) is 14.7 Å². The van der Waals surface area contributed by atoms with Gasteiger partial charge in [0, 0.05) is 13.0 Å². The number of thiophene rings is 1. The molecule has 0 aliphatic rings. The van der Waals surface area contributed by atoms with Crippen LogP contribution in [0, 0.1) is 0 Å². The van der Waals surface area contributed by atoms with Gasteiger partial charge >= 0.3 is 11.9 Å². The number of ether oxygens (including phenoxy) is 1. The Hall–Kier alpha value is -3.45. The van der Waals surface area contributed by atoms with Crippen LogP contribution in [0.15, 0.2) is 54.6 Å². The van der Waals surface area contributed by atoms with Crippen LogP contribution in [0.5, 0.6) is 0 Å². The highest BCUT2D eigenvalue weighted by molar-refractivity contribution is 7.20. The summed E-state index contributed by atoms with van der Waals surface area (Å²) in [5.41, 5.74) is 3.84. The summed E-state index contributed by atoms with van der Waals surface area (Å²) in [7, 11) is 1.38. The van der Waals surface area contributed by atoms with Crippen LogP contribution in [0.3, 0.4) is 0 Å². The van der Waals surface area contributed by atoms with Crippen LogP contribution in [0.2, 0.25) is 0 Å². The van der Waals surface area contributed by atoms with Crippen LogP contribution in [0.1, 0.15) is 51.2 Å². The molecule has 0 spiro atoms. The van der Waals surface area contributed by atoms with E-state index in [1.54, 1.807) is 12.1 Å². The first-order valence-electron chi connectivity index (χ1n) is 10.5. The minimum atomic E-state index is -0.940. The molecule has 0 bridgehead atoms. The van der Waals surface area contributed by atoms with E-state index in [0.29, 0.717) is 17.0 Å². The van der Waals surface area contributed by atoms with Gasteiger partial charge in [-0.25, -0.2) is 14.6 Å². The number of nitrogens with zero attached hydrogens (tertiary/aromatic N) is 2. The lowest BCUT2D eigenvalue weighted by molar-refractivity contribution is 0.0605. The summed E-state index contributed by atoms with van der Waals surface area (Å²) in [6.07, 6.45) is 2.99. The van der Waals surface area contributed by atoms with Crippen molar-refractivity contribution in [3.63, 3.8) is 0 Å². The number of aromatic carboxylic acids is 1. The smallest absolute Gasteiger partial charge is 0.348 e. The standard InChI is InChI=1S/C25H24N2O4S/c1-3-4-9-22-26-23-20(14-21(32-23)25(30)31-2)27(22)15-16-10-12-17(13-11-16)18-7-5-6-8-19(18)24(28)29/h5-8,10-14H,3-4,9,15H2,1-2H3,(H,28,29). The number of aryl methyl sites for hydroxylation is 1. The number of carbonyl (C=O) groups excluding carboxylic acids is 1. The van der Waals surface area contributed by atoms with Crippen LogP contribution in [-0.4, -0.2) is 33.7 Å². The number of hydrogen-bond acceptors (Lipinski definition) is 5. The molecule has 32 heavy (non-hydrogen) atoms. The number of benzene rings is 2. The fraction of sp³-hybridized carbons (Fsp3) is 0.240.